The number of hydrogen-bond acceptors (Lipinski definition) is 6. The molecule has 1 aromatic heterocycles. The summed E-state index contributed by atoms with van der Waals surface area (Å²) in [6, 6.07) is 5.16. The maximum absolute atomic E-state index is 5.95. The van der Waals surface area contributed by atoms with E-state index in [0.29, 0.717) is 35.0 Å². The molecule has 0 aliphatic carbocycles. The van der Waals surface area contributed by atoms with Crippen LogP contribution in [0.4, 0.5) is 17.5 Å². The van der Waals surface area contributed by atoms with E-state index >= 15 is 0 Å². The minimum Gasteiger partial charge on any atom is -0.385 e. The first kappa shape index (κ1) is 15.8. The fourth-order valence-corrected chi connectivity index (χ4v) is 2.16. The lowest BCUT2D eigenvalue weighted by atomic mass is 10.3. The second-order valence-corrected chi connectivity index (χ2v) is 5.09. The van der Waals surface area contributed by atoms with Gasteiger partial charge in [-0.05, 0) is 24.6 Å². The standard InChI is InChI=1S/C13H15Cl2N5O/c1-21-4-2-3-16-13-19-12(8-17-20-13)18-11-6-9(14)5-10(15)7-11/h5-8H,2-4H2,1H3,(H2,16,18,19,20). The van der Waals surface area contributed by atoms with Crippen molar-refractivity contribution in [3.05, 3.63) is 34.4 Å². The minimum atomic E-state index is 0.448. The van der Waals surface area contributed by atoms with Gasteiger partial charge < -0.3 is 15.4 Å². The summed E-state index contributed by atoms with van der Waals surface area (Å²) in [6.45, 7) is 1.39. The molecule has 0 aliphatic rings. The predicted octanol–water partition coefficient (Wildman–Crippen LogP) is 3.37. The summed E-state index contributed by atoms with van der Waals surface area (Å²) >= 11 is 11.9. The van der Waals surface area contributed by atoms with Crippen LogP contribution in [0.2, 0.25) is 10.0 Å². The number of aromatic nitrogens is 3. The van der Waals surface area contributed by atoms with Gasteiger partial charge in [0.05, 0.1) is 6.20 Å². The van der Waals surface area contributed by atoms with Gasteiger partial charge in [0.15, 0.2) is 5.82 Å². The summed E-state index contributed by atoms with van der Waals surface area (Å²) in [5, 5.41) is 15.0. The zero-order chi connectivity index (χ0) is 15.1. The van der Waals surface area contributed by atoms with Crippen molar-refractivity contribution in [2.24, 2.45) is 0 Å². The van der Waals surface area contributed by atoms with E-state index in [4.69, 9.17) is 27.9 Å². The Balaban J connectivity index is 2.00. The van der Waals surface area contributed by atoms with Crippen molar-refractivity contribution in [2.45, 2.75) is 6.42 Å². The highest BCUT2D eigenvalue weighted by Gasteiger charge is 2.03. The van der Waals surface area contributed by atoms with E-state index < -0.39 is 0 Å². The average molecular weight is 328 g/mol. The molecule has 2 rings (SSSR count). The van der Waals surface area contributed by atoms with Gasteiger partial charge in [-0.15, -0.1) is 5.10 Å². The molecular formula is C13H15Cl2N5O. The van der Waals surface area contributed by atoms with Crippen molar-refractivity contribution in [1.82, 2.24) is 15.2 Å². The van der Waals surface area contributed by atoms with Crippen LogP contribution < -0.4 is 10.6 Å². The molecule has 21 heavy (non-hydrogen) atoms. The molecule has 112 valence electrons. The Morgan fingerprint density at radius 1 is 1.19 bits per heavy atom. The average Bonchev–Trinajstić information content (AvgIpc) is 2.43. The van der Waals surface area contributed by atoms with Gasteiger partial charge in [-0.1, -0.05) is 23.2 Å². The van der Waals surface area contributed by atoms with E-state index in [0.717, 1.165) is 12.1 Å². The Bertz CT molecular complexity index is 576. The molecule has 2 N–H and O–H groups in total. The fourth-order valence-electron chi connectivity index (χ4n) is 1.63. The van der Waals surface area contributed by atoms with Crippen LogP contribution in [-0.2, 0) is 4.74 Å². The van der Waals surface area contributed by atoms with Gasteiger partial charge in [0, 0.05) is 36.0 Å². The number of benzene rings is 1. The van der Waals surface area contributed by atoms with Crippen molar-refractivity contribution >= 4 is 40.7 Å². The van der Waals surface area contributed by atoms with E-state index in [1.165, 1.54) is 6.20 Å². The number of halogens is 2. The third kappa shape index (κ3) is 5.34. The number of anilines is 3. The van der Waals surface area contributed by atoms with Gasteiger partial charge >= 0.3 is 0 Å². The van der Waals surface area contributed by atoms with Crippen LogP contribution in [0.5, 0.6) is 0 Å². The van der Waals surface area contributed by atoms with Crippen LogP contribution in [0.25, 0.3) is 0 Å². The normalized spacial score (nSPS) is 10.4. The summed E-state index contributed by atoms with van der Waals surface area (Å²) in [7, 11) is 1.67. The van der Waals surface area contributed by atoms with Crippen LogP contribution >= 0.6 is 23.2 Å². The topological polar surface area (TPSA) is 72.0 Å². The Hall–Kier alpha value is -1.63. The third-order valence-corrected chi connectivity index (χ3v) is 2.94. The van der Waals surface area contributed by atoms with E-state index in [1.807, 2.05) is 0 Å². The Morgan fingerprint density at radius 2 is 1.95 bits per heavy atom. The molecule has 0 amide bonds. The monoisotopic (exact) mass is 327 g/mol. The summed E-state index contributed by atoms with van der Waals surface area (Å²) in [5.41, 5.74) is 0.735. The number of ether oxygens (including phenoxy) is 1. The first-order valence-electron chi connectivity index (χ1n) is 6.33. The van der Waals surface area contributed by atoms with Gasteiger partial charge in [-0.3, -0.25) is 0 Å². The van der Waals surface area contributed by atoms with Crippen molar-refractivity contribution in [1.29, 1.82) is 0 Å². The smallest absolute Gasteiger partial charge is 0.244 e. The van der Waals surface area contributed by atoms with Gasteiger partial charge in [0.2, 0.25) is 5.95 Å². The van der Waals surface area contributed by atoms with E-state index in [1.54, 1.807) is 25.3 Å². The maximum Gasteiger partial charge on any atom is 0.244 e. The van der Waals surface area contributed by atoms with Crippen molar-refractivity contribution < 1.29 is 4.74 Å². The zero-order valence-corrected chi connectivity index (χ0v) is 12.9. The molecule has 0 saturated carbocycles. The lowest BCUT2D eigenvalue weighted by Crippen LogP contribution is -2.09. The number of nitrogens with zero attached hydrogens (tertiary/aromatic N) is 3. The molecule has 6 nitrogen and oxygen atoms in total. The van der Waals surface area contributed by atoms with Gasteiger partial charge in [0.1, 0.15) is 0 Å². The Labute approximate surface area is 132 Å². The van der Waals surface area contributed by atoms with E-state index in [9.17, 15) is 0 Å². The highest BCUT2D eigenvalue weighted by atomic mass is 35.5. The molecule has 0 aliphatic heterocycles. The molecular weight excluding hydrogens is 313 g/mol. The maximum atomic E-state index is 5.95. The van der Waals surface area contributed by atoms with E-state index in [-0.39, 0.29) is 0 Å². The third-order valence-electron chi connectivity index (χ3n) is 2.50. The lowest BCUT2D eigenvalue weighted by Gasteiger charge is -2.08. The van der Waals surface area contributed by atoms with Crippen LogP contribution in [-0.4, -0.2) is 35.4 Å². The summed E-state index contributed by atoms with van der Waals surface area (Å²) < 4.78 is 4.97. The highest BCUT2D eigenvalue weighted by molar-refractivity contribution is 6.35. The highest BCUT2D eigenvalue weighted by Crippen LogP contribution is 2.24. The molecule has 1 aromatic carbocycles. The van der Waals surface area contributed by atoms with Crippen molar-refractivity contribution in [3.8, 4) is 0 Å². The summed E-state index contributed by atoms with van der Waals surface area (Å²) in [4.78, 5) is 4.30. The minimum absolute atomic E-state index is 0.448. The van der Waals surface area contributed by atoms with E-state index in [2.05, 4.69) is 25.8 Å². The Kier molecular flexibility index (Phi) is 5.98. The van der Waals surface area contributed by atoms with Crippen molar-refractivity contribution in [3.63, 3.8) is 0 Å². The molecule has 0 unspecified atom stereocenters. The first-order chi connectivity index (χ1) is 10.2. The second kappa shape index (κ2) is 7.97. The number of rotatable bonds is 7. The molecule has 0 saturated heterocycles. The van der Waals surface area contributed by atoms with Gasteiger partial charge in [0.25, 0.3) is 0 Å². The van der Waals surface area contributed by atoms with Gasteiger partial charge in [-0.2, -0.15) is 10.1 Å². The summed E-state index contributed by atoms with van der Waals surface area (Å²) in [5.74, 6) is 1.00. The summed E-state index contributed by atoms with van der Waals surface area (Å²) in [6.07, 6.45) is 2.39. The SMILES string of the molecule is COCCCNc1nncc(Nc2cc(Cl)cc(Cl)c2)n1. The number of hydrogen-bond donors (Lipinski definition) is 2. The molecule has 2 aromatic rings. The Morgan fingerprint density at radius 3 is 2.67 bits per heavy atom. The number of methoxy groups -OCH3 is 1. The van der Waals surface area contributed by atoms with Crippen LogP contribution in [0.1, 0.15) is 6.42 Å². The molecule has 0 spiro atoms. The second-order valence-electron chi connectivity index (χ2n) is 4.22. The molecule has 1 heterocycles. The van der Waals surface area contributed by atoms with Crippen LogP contribution in [0, 0.1) is 0 Å². The molecule has 0 radical (unpaired) electrons. The van der Waals surface area contributed by atoms with Crippen LogP contribution in [0.3, 0.4) is 0 Å². The quantitative estimate of drug-likeness (QED) is 0.759. The number of nitrogens with one attached hydrogen (secondary N) is 2. The first-order valence-corrected chi connectivity index (χ1v) is 7.08. The fraction of sp³-hybridized carbons (Fsp3) is 0.308. The zero-order valence-electron chi connectivity index (χ0n) is 11.4. The molecule has 0 atom stereocenters. The molecule has 0 bridgehead atoms. The molecule has 0 fully saturated rings. The lowest BCUT2D eigenvalue weighted by molar-refractivity contribution is 0.197. The molecule has 8 heteroatoms. The van der Waals surface area contributed by atoms with Crippen LogP contribution in [0.15, 0.2) is 24.4 Å². The largest absolute Gasteiger partial charge is 0.385 e. The van der Waals surface area contributed by atoms with Gasteiger partial charge in [-0.25, -0.2) is 0 Å². The van der Waals surface area contributed by atoms with Crippen molar-refractivity contribution in [2.75, 3.05) is 30.9 Å². The predicted molar refractivity (Wildman–Crippen MR) is 84.6 cm³/mol.